The molecule has 0 aliphatic heterocycles. The molecule has 1 fully saturated rings. The summed E-state index contributed by atoms with van der Waals surface area (Å²) in [5.41, 5.74) is 0. The molecule has 1 unspecified atom stereocenters. The Morgan fingerprint density at radius 2 is 1.95 bits per heavy atom. The van der Waals surface area contributed by atoms with Gasteiger partial charge in [0.15, 0.2) is 0 Å². The lowest BCUT2D eigenvalue weighted by Gasteiger charge is -2.24. The topological polar surface area (TPSA) is 21.3 Å². The van der Waals surface area contributed by atoms with Gasteiger partial charge in [0.2, 0.25) is 0 Å². The third-order valence-electron chi connectivity index (χ3n) is 4.03. The molecule has 0 bridgehead atoms. The lowest BCUT2D eigenvalue weighted by atomic mass is 9.87. The van der Waals surface area contributed by atoms with Crippen molar-refractivity contribution in [2.45, 2.75) is 58.0 Å². The van der Waals surface area contributed by atoms with Crippen LogP contribution in [0.1, 0.15) is 51.9 Å². The molecule has 120 valence electrons. The first kappa shape index (κ1) is 17.8. The minimum atomic E-state index is -4.20. The third kappa shape index (κ3) is 8.10. The average molecular weight is 295 g/mol. The second kappa shape index (κ2) is 9.61. The van der Waals surface area contributed by atoms with Crippen LogP contribution in [0, 0.1) is 11.8 Å². The first-order valence-electron chi connectivity index (χ1n) is 7.88. The highest BCUT2D eigenvalue weighted by Crippen LogP contribution is 2.33. The van der Waals surface area contributed by atoms with Crippen LogP contribution in [-0.2, 0) is 4.74 Å². The van der Waals surface area contributed by atoms with E-state index in [2.05, 4.69) is 12.2 Å². The van der Waals surface area contributed by atoms with E-state index in [1.807, 2.05) is 0 Å². The van der Waals surface area contributed by atoms with Crippen LogP contribution in [0.4, 0.5) is 13.2 Å². The van der Waals surface area contributed by atoms with E-state index < -0.39 is 12.8 Å². The van der Waals surface area contributed by atoms with E-state index in [9.17, 15) is 13.2 Å². The minimum Gasteiger partial charge on any atom is -0.372 e. The van der Waals surface area contributed by atoms with Gasteiger partial charge >= 0.3 is 6.18 Å². The van der Waals surface area contributed by atoms with Crippen molar-refractivity contribution >= 4 is 0 Å². The minimum absolute atomic E-state index is 0.219. The van der Waals surface area contributed by atoms with Crippen molar-refractivity contribution in [2.75, 3.05) is 26.3 Å². The fourth-order valence-electron chi connectivity index (χ4n) is 3.03. The van der Waals surface area contributed by atoms with Crippen molar-refractivity contribution in [1.82, 2.24) is 5.32 Å². The first-order chi connectivity index (χ1) is 9.53. The second-order valence-electron chi connectivity index (χ2n) is 5.82. The summed E-state index contributed by atoms with van der Waals surface area (Å²) in [6.07, 6.45) is 3.78. The van der Waals surface area contributed by atoms with Gasteiger partial charge in [-0.3, -0.25) is 0 Å². The molecule has 1 saturated carbocycles. The summed E-state index contributed by atoms with van der Waals surface area (Å²) in [7, 11) is 0. The van der Waals surface area contributed by atoms with Crippen LogP contribution in [-0.4, -0.2) is 32.5 Å². The molecule has 0 radical (unpaired) electrons. The molecular weight excluding hydrogens is 267 g/mol. The van der Waals surface area contributed by atoms with Crippen LogP contribution < -0.4 is 5.32 Å². The summed E-state index contributed by atoms with van der Waals surface area (Å²) in [4.78, 5) is 0. The quantitative estimate of drug-likeness (QED) is 0.611. The van der Waals surface area contributed by atoms with Crippen molar-refractivity contribution < 1.29 is 17.9 Å². The Morgan fingerprint density at radius 1 is 1.25 bits per heavy atom. The number of rotatable bonds is 10. The molecule has 0 spiro atoms. The van der Waals surface area contributed by atoms with Gasteiger partial charge in [-0.2, -0.15) is 13.2 Å². The Morgan fingerprint density at radius 3 is 2.55 bits per heavy atom. The lowest BCUT2D eigenvalue weighted by molar-refractivity contribution is -0.174. The van der Waals surface area contributed by atoms with Gasteiger partial charge in [-0.25, -0.2) is 0 Å². The van der Waals surface area contributed by atoms with Crippen LogP contribution in [0.2, 0.25) is 0 Å². The zero-order valence-electron chi connectivity index (χ0n) is 12.5. The van der Waals surface area contributed by atoms with Crippen LogP contribution in [0.15, 0.2) is 0 Å². The molecule has 1 rings (SSSR count). The molecule has 1 N–H and O–H groups in total. The van der Waals surface area contributed by atoms with Gasteiger partial charge < -0.3 is 10.1 Å². The van der Waals surface area contributed by atoms with E-state index >= 15 is 0 Å². The van der Waals surface area contributed by atoms with Gasteiger partial charge in [0.1, 0.15) is 6.61 Å². The standard InChI is InChI=1S/C15H28F3NO/c1-2-9-19-11-14(13-6-3-4-7-13)8-5-10-20-12-15(16,17)18/h13-14,19H,2-12H2,1H3. The molecule has 1 aliphatic rings. The summed E-state index contributed by atoms with van der Waals surface area (Å²) < 4.78 is 40.6. The highest BCUT2D eigenvalue weighted by molar-refractivity contribution is 4.77. The highest BCUT2D eigenvalue weighted by atomic mass is 19.4. The molecule has 0 aromatic rings. The van der Waals surface area contributed by atoms with Crippen molar-refractivity contribution in [3.8, 4) is 0 Å². The summed E-state index contributed by atoms with van der Waals surface area (Å²) in [6.45, 7) is 3.26. The SMILES string of the molecule is CCCNCC(CCCOCC(F)(F)F)C1CCCC1. The zero-order chi connectivity index (χ0) is 14.8. The van der Waals surface area contributed by atoms with Crippen LogP contribution in [0.3, 0.4) is 0 Å². The van der Waals surface area contributed by atoms with E-state index in [0.717, 1.165) is 38.3 Å². The fourth-order valence-corrected chi connectivity index (χ4v) is 3.03. The average Bonchev–Trinajstić information content (AvgIpc) is 2.89. The summed E-state index contributed by atoms with van der Waals surface area (Å²) in [6, 6.07) is 0. The molecule has 0 aromatic carbocycles. The Labute approximate surface area is 120 Å². The van der Waals surface area contributed by atoms with E-state index in [1.165, 1.54) is 25.7 Å². The monoisotopic (exact) mass is 295 g/mol. The molecular formula is C15H28F3NO. The van der Waals surface area contributed by atoms with Gasteiger partial charge in [0.25, 0.3) is 0 Å². The lowest BCUT2D eigenvalue weighted by Crippen LogP contribution is -2.28. The van der Waals surface area contributed by atoms with E-state index in [0.29, 0.717) is 5.92 Å². The molecule has 20 heavy (non-hydrogen) atoms. The van der Waals surface area contributed by atoms with E-state index in [-0.39, 0.29) is 6.61 Å². The van der Waals surface area contributed by atoms with E-state index in [1.54, 1.807) is 0 Å². The number of alkyl halides is 3. The van der Waals surface area contributed by atoms with Crippen molar-refractivity contribution in [3.63, 3.8) is 0 Å². The number of hydrogen-bond acceptors (Lipinski definition) is 2. The Bertz CT molecular complexity index is 240. The number of hydrogen-bond donors (Lipinski definition) is 1. The third-order valence-corrected chi connectivity index (χ3v) is 4.03. The second-order valence-corrected chi connectivity index (χ2v) is 5.82. The molecule has 0 saturated heterocycles. The zero-order valence-corrected chi connectivity index (χ0v) is 12.5. The van der Waals surface area contributed by atoms with Gasteiger partial charge in [-0.15, -0.1) is 0 Å². The fraction of sp³-hybridized carbons (Fsp3) is 1.00. The molecule has 1 atom stereocenters. The van der Waals surface area contributed by atoms with Gasteiger partial charge in [-0.05, 0) is 44.2 Å². The number of ether oxygens (including phenoxy) is 1. The highest BCUT2D eigenvalue weighted by Gasteiger charge is 2.27. The molecule has 0 aromatic heterocycles. The largest absolute Gasteiger partial charge is 0.411 e. The molecule has 2 nitrogen and oxygen atoms in total. The molecule has 0 heterocycles. The maximum atomic E-state index is 12.0. The summed E-state index contributed by atoms with van der Waals surface area (Å²) >= 11 is 0. The number of nitrogens with one attached hydrogen (secondary N) is 1. The Hall–Kier alpha value is -0.290. The van der Waals surface area contributed by atoms with Crippen molar-refractivity contribution in [2.24, 2.45) is 11.8 Å². The van der Waals surface area contributed by atoms with Gasteiger partial charge in [-0.1, -0.05) is 32.6 Å². The first-order valence-corrected chi connectivity index (χ1v) is 7.88. The maximum absolute atomic E-state index is 12.0. The summed E-state index contributed by atoms with van der Waals surface area (Å²) in [5.74, 6) is 1.35. The summed E-state index contributed by atoms with van der Waals surface area (Å²) in [5, 5.41) is 3.46. The predicted molar refractivity (Wildman–Crippen MR) is 74.7 cm³/mol. The predicted octanol–water partition coefficient (Wildman–Crippen LogP) is 4.15. The van der Waals surface area contributed by atoms with Crippen LogP contribution in [0.5, 0.6) is 0 Å². The molecule has 1 aliphatic carbocycles. The normalized spacial score (nSPS) is 18.6. The van der Waals surface area contributed by atoms with Crippen molar-refractivity contribution in [1.29, 1.82) is 0 Å². The maximum Gasteiger partial charge on any atom is 0.411 e. The molecule has 0 amide bonds. The molecule has 5 heteroatoms. The smallest absolute Gasteiger partial charge is 0.372 e. The Balaban J connectivity index is 2.18. The Kier molecular flexibility index (Phi) is 8.53. The number of halogens is 3. The van der Waals surface area contributed by atoms with Gasteiger partial charge in [0, 0.05) is 6.61 Å². The van der Waals surface area contributed by atoms with Crippen molar-refractivity contribution in [3.05, 3.63) is 0 Å². The van der Waals surface area contributed by atoms with Crippen LogP contribution in [0.25, 0.3) is 0 Å². The van der Waals surface area contributed by atoms with Gasteiger partial charge in [0.05, 0.1) is 0 Å². The van der Waals surface area contributed by atoms with Crippen LogP contribution >= 0.6 is 0 Å². The van der Waals surface area contributed by atoms with E-state index in [4.69, 9.17) is 4.74 Å².